The first-order valence-corrected chi connectivity index (χ1v) is 4.05. The van der Waals surface area contributed by atoms with Crippen LogP contribution in [-0.4, -0.2) is 6.54 Å². The van der Waals surface area contributed by atoms with Gasteiger partial charge in [0.25, 0.3) is 0 Å². The standard InChI is InChI=1S/C8H11ClFN/c9-7-5-6(3-4-11)1-2-8(7)10/h2,5-6H,1,3-4,11H2. The van der Waals surface area contributed by atoms with Gasteiger partial charge in [0.2, 0.25) is 0 Å². The number of halogens is 2. The van der Waals surface area contributed by atoms with Crippen molar-refractivity contribution >= 4 is 11.6 Å². The molecular weight excluding hydrogens is 165 g/mol. The second kappa shape index (κ2) is 3.88. The maximum Gasteiger partial charge on any atom is 0.137 e. The second-order valence-corrected chi connectivity index (χ2v) is 3.05. The number of hydrogen-bond acceptors (Lipinski definition) is 1. The summed E-state index contributed by atoms with van der Waals surface area (Å²) in [6, 6.07) is 0. The fourth-order valence-corrected chi connectivity index (χ4v) is 1.38. The minimum absolute atomic E-state index is 0.231. The Labute approximate surface area is 70.7 Å². The highest BCUT2D eigenvalue weighted by Gasteiger charge is 2.12. The largest absolute Gasteiger partial charge is 0.330 e. The van der Waals surface area contributed by atoms with Crippen molar-refractivity contribution in [3.63, 3.8) is 0 Å². The zero-order chi connectivity index (χ0) is 8.27. The third kappa shape index (κ3) is 2.31. The summed E-state index contributed by atoms with van der Waals surface area (Å²) in [4.78, 5) is 0. The number of hydrogen-bond donors (Lipinski definition) is 1. The molecule has 1 rings (SSSR count). The van der Waals surface area contributed by atoms with E-state index in [0.29, 0.717) is 12.5 Å². The van der Waals surface area contributed by atoms with E-state index in [1.165, 1.54) is 6.08 Å². The maximum absolute atomic E-state index is 12.6. The Bertz CT molecular complexity index is 198. The van der Waals surface area contributed by atoms with E-state index in [1.54, 1.807) is 6.08 Å². The monoisotopic (exact) mass is 175 g/mol. The topological polar surface area (TPSA) is 26.0 Å². The van der Waals surface area contributed by atoms with E-state index >= 15 is 0 Å². The number of nitrogens with two attached hydrogens (primary N) is 1. The van der Waals surface area contributed by atoms with E-state index in [0.717, 1.165) is 12.8 Å². The van der Waals surface area contributed by atoms with Crippen molar-refractivity contribution in [2.45, 2.75) is 12.8 Å². The molecule has 0 radical (unpaired) electrons. The molecule has 1 unspecified atom stereocenters. The molecule has 0 aromatic heterocycles. The zero-order valence-electron chi connectivity index (χ0n) is 6.19. The Balaban J connectivity index is 2.54. The molecule has 0 aromatic carbocycles. The lowest BCUT2D eigenvalue weighted by Gasteiger charge is -2.13. The summed E-state index contributed by atoms with van der Waals surface area (Å²) in [6.45, 7) is 0.626. The van der Waals surface area contributed by atoms with Crippen LogP contribution in [0.15, 0.2) is 23.0 Å². The van der Waals surface area contributed by atoms with Crippen LogP contribution in [0.1, 0.15) is 12.8 Å². The van der Waals surface area contributed by atoms with Gasteiger partial charge in [0.15, 0.2) is 0 Å². The highest BCUT2D eigenvalue weighted by atomic mass is 35.5. The molecule has 0 aliphatic heterocycles. The molecule has 3 heteroatoms. The van der Waals surface area contributed by atoms with Crippen LogP contribution in [0, 0.1) is 5.92 Å². The molecule has 0 spiro atoms. The van der Waals surface area contributed by atoms with E-state index in [4.69, 9.17) is 17.3 Å². The second-order valence-electron chi connectivity index (χ2n) is 2.64. The minimum Gasteiger partial charge on any atom is -0.330 e. The van der Waals surface area contributed by atoms with Crippen molar-refractivity contribution < 1.29 is 4.39 Å². The summed E-state index contributed by atoms with van der Waals surface area (Å²) in [5.41, 5.74) is 5.35. The molecule has 1 nitrogen and oxygen atoms in total. The van der Waals surface area contributed by atoms with Crippen molar-refractivity contribution in [1.82, 2.24) is 0 Å². The molecule has 0 bridgehead atoms. The van der Waals surface area contributed by atoms with E-state index in [-0.39, 0.29) is 10.9 Å². The summed E-state index contributed by atoms with van der Waals surface area (Å²) in [5, 5.41) is 0.231. The Morgan fingerprint density at radius 1 is 1.73 bits per heavy atom. The highest BCUT2D eigenvalue weighted by molar-refractivity contribution is 6.31. The molecule has 1 aliphatic rings. The molecule has 62 valence electrons. The Morgan fingerprint density at radius 3 is 3.00 bits per heavy atom. The fourth-order valence-electron chi connectivity index (χ4n) is 1.12. The van der Waals surface area contributed by atoms with Crippen LogP contribution >= 0.6 is 11.6 Å². The van der Waals surface area contributed by atoms with Gasteiger partial charge in [0.05, 0.1) is 5.03 Å². The van der Waals surface area contributed by atoms with Gasteiger partial charge in [-0.1, -0.05) is 17.7 Å². The van der Waals surface area contributed by atoms with Crippen LogP contribution in [0.4, 0.5) is 4.39 Å². The summed E-state index contributed by atoms with van der Waals surface area (Å²) in [5.74, 6) is 0.0203. The predicted octanol–water partition coefficient (Wildman–Crippen LogP) is 2.33. The fraction of sp³-hybridized carbons (Fsp3) is 0.500. The number of allylic oxidation sites excluding steroid dienone is 4. The van der Waals surface area contributed by atoms with Crippen molar-refractivity contribution in [2.75, 3.05) is 6.54 Å². The average molecular weight is 176 g/mol. The third-order valence-electron chi connectivity index (χ3n) is 1.75. The summed E-state index contributed by atoms with van der Waals surface area (Å²) < 4.78 is 12.6. The van der Waals surface area contributed by atoms with E-state index in [2.05, 4.69) is 0 Å². The molecule has 0 amide bonds. The van der Waals surface area contributed by atoms with Gasteiger partial charge in [-0.15, -0.1) is 0 Å². The van der Waals surface area contributed by atoms with Crippen molar-refractivity contribution in [1.29, 1.82) is 0 Å². The molecule has 1 atom stereocenters. The lowest BCUT2D eigenvalue weighted by molar-refractivity contribution is 0.567. The van der Waals surface area contributed by atoms with Crippen molar-refractivity contribution in [3.8, 4) is 0 Å². The zero-order valence-corrected chi connectivity index (χ0v) is 6.94. The molecule has 0 saturated heterocycles. The smallest absolute Gasteiger partial charge is 0.137 e. The van der Waals surface area contributed by atoms with Crippen LogP contribution < -0.4 is 5.73 Å². The summed E-state index contributed by atoms with van der Waals surface area (Å²) in [7, 11) is 0. The summed E-state index contributed by atoms with van der Waals surface area (Å²) >= 11 is 5.57. The van der Waals surface area contributed by atoms with Gasteiger partial charge in [0, 0.05) is 0 Å². The van der Waals surface area contributed by atoms with Gasteiger partial charge < -0.3 is 5.73 Å². The van der Waals surface area contributed by atoms with E-state index < -0.39 is 0 Å². The average Bonchev–Trinajstić information content (AvgIpc) is 1.98. The normalized spacial score (nSPS) is 24.5. The lowest BCUT2D eigenvalue weighted by atomic mass is 9.97. The Hall–Kier alpha value is -0.340. The van der Waals surface area contributed by atoms with Crippen molar-refractivity contribution in [2.24, 2.45) is 11.7 Å². The SMILES string of the molecule is NCCC1C=C(Cl)C(F)=CC1. The van der Waals surface area contributed by atoms with Crippen LogP contribution in [0.2, 0.25) is 0 Å². The van der Waals surface area contributed by atoms with Gasteiger partial charge in [0.1, 0.15) is 5.83 Å². The molecule has 11 heavy (non-hydrogen) atoms. The Kier molecular flexibility index (Phi) is 3.09. The first-order valence-electron chi connectivity index (χ1n) is 3.67. The molecule has 2 N–H and O–H groups in total. The van der Waals surface area contributed by atoms with Gasteiger partial charge in [-0.2, -0.15) is 0 Å². The van der Waals surface area contributed by atoms with Crippen LogP contribution in [0.5, 0.6) is 0 Å². The molecular formula is C8H11ClFN. The summed E-state index contributed by atoms with van der Waals surface area (Å²) in [6.07, 6.45) is 4.85. The Morgan fingerprint density at radius 2 is 2.45 bits per heavy atom. The van der Waals surface area contributed by atoms with Crippen LogP contribution in [-0.2, 0) is 0 Å². The minimum atomic E-state index is -0.306. The van der Waals surface area contributed by atoms with E-state index in [1.807, 2.05) is 0 Å². The van der Waals surface area contributed by atoms with E-state index in [9.17, 15) is 4.39 Å². The maximum atomic E-state index is 12.6. The first-order chi connectivity index (χ1) is 5.24. The molecule has 0 fully saturated rings. The number of rotatable bonds is 2. The van der Waals surface area contributed by atoms with Gasteiger partial charge >= 0.3 is 0 Å². The first kappa shape index (κ1) is 8.75. The molecule has 0 heterocycles. The van der Waals surface area contributed by atoms with Gasteiger partial charge in [-0.25, -0.2) is 4.39 Å². The quantitative estimate of drug-likeness (QED) is 0.685. The van der Waals surface area contributed by atoms with Crippen LogP contribution in [0.3, 0.4) is 0 Å². The van der Waals surface area contributed by atoms with Crippen molar-refractivity contribution in [3.05, 3.63) is 23.0 Å². The van der Waals surface area contributed by atoms with Gasteiger partial charge in [-0.05, 0) is 31.4 Å². The van der Waals surface area contributed by atoms with Gasteiger partial charge in [-0.3, -0.25) is 0 Å². The third-order valence-corrected chi connectivity index (χ3v) is 2.05. The molecule has 0 saturated carbocycles. The lowest BCUT2D eigenvalue weighted by Crippen LogP contribution is -2.08. The predicted molar refractivity (Wildman–Crippen MR) is 44.9 cm³/mol. The highest BCUT2D eigenvalue weighted by Crippen LogP contribution is 2.27. The molecule has 1 aliphatic carbocycles. The molecule has 0 aromatic rings. The van der Waals surface area contributed by atoms with Crippen LogP contribution in [0.25, 0.3) is 0 Å².